The number of aromatic hydroxyl groups is 1. The van der Waals surface area contributed by atoms with Crippen LogP contribution in [0, 0.1) is 6.92 Å². The molecule has 2 aromatic carbocycles. The summed E-state index contributed by atoms with van der Waals surface area (Å²) in [5.41, 5.74) is 1.25. The lowest BCUT2D eigenvalue weighted by atomic mass is 10.2. The lowest BCUT2D eigenvalue weighted by molar-refractivity contribution is 0.0468. The molecule has 0 aliphatic heterocycles. The maximum Gasteiger partial charge on any atom is 0.374 e. The zero-order chi connectivity index (χ0) is 20.8. The van der Waals surface area contributed by atoms with E-state index in [9.17, 15) is 9.59 Å². The van der Waals surface area contributed by atoms with Gasteiger partial charge in [-0.3, -0.25) is 0 Å². The third kappa shape index (κ3) is 8.71. The minimum absolute atomic E-state index is 0.0671. The highest BCUT2D eigenvalue weighted by atomic mass is 16.5. The number of carboxylic acids is 1. The van der Waals surface area contributed by atoms with Crippen LogP contribution in [0.25, 0.3) is 0 Å². The van der Waals surface area contributed by atoms with Crippen LogP contribution < -0.4 is 0 Å². The molecular weight excluding hydrogens is 360 g/mol. The molecule has 1 heterocycles. The standard InChI is InChI=1S/C8H10O3.C7H6O3.C7H8/c1-2-5-11-8(9)7-4-3-6-10-7;8-6-4-2-1-3-5(6)7(9)10;1-7-5-3-2-4-6-7/h3-4,6H,2,5H2,1H3;1-4,8H,(H,9,10);2-6H,1H3. The molecule has 0 saturated carbocycles. The van der Waals surface area contributed by atoms with Crippen LogP contribution in [0.1, 0.15) is 39.8 Å². The van der Waals surface area contributed by atoms with Crippen molar-refractivity contribution in [3.05, 3.63) is 89.9 Å². The number of rotatable bonds is 4. The van der Waals surface area contributed by atoms with Crippen LogP contribution in [-0.4, -0.2) is 28.8 Å². The van der Waals surface area contributed by atoms with Crippen molar-refractivity contribution in [3.8, 4) is 5.75 Å². The molecule has 0 amide bonds. The summed E-state index contributed by atoms with van der Waals surface area (Å²) >= 11 is 0. The highest BCUT2D eigenvalue weighted by Crippen LogP contribution is 2.14. The monoisotopic (exact) mass is 384 g/mol. The van der Waals surface area contributed by atoms with Crippen LogP contribution >= 0.6 is 0 Å². The SMILES string of the molecule is CCCOC(=O)c1ccco1.Cc1ccccc1.O=C(O)c1ccccc1O. The average molecular weight is 384 g/mol. The van der Waals surface area contributed by atoms with Gasteiger partial charge in [0.05, 0.1) is 12.9 Å². The fraction of sp³-hybridized carbons (Fsp3) is 0.182. The predicted octanol–water partition coefficient (Wildman–Crippen LogP) is 4.93. The third-order valence-corrected chi connectivity index (χ3v) is 3.23. The van der Waals surface area contributed by atoms with E-state index in [1.807, 2.05) is 25.1 Å². The number of carboxylic acid groups (broad SMARTS) is 1. The second-order valence-corrected chi connectivity index (χ2v) is 5.59. The van der Waals surface area contributed by atoms with Gasteiger partial charge < -0.3 is 19.4 Å². The van der Waals surface area contributed by atoms with Gasteiger partial charge in [-0.05, 0) is 37.6 Å². The summed E-state index contributed by atoms with van der Waals surface area (Å²) in [5, 5.41) is 17.3. The van der Waals surface area contributed by atoms with Gasteiger partial charge in [-0.25, -0.2) is 9.59 Å². The van der Waals surface area contributed by atoms with Crippen LogP contribution in [0.4, 0.5) is 0 Å². The summed E-state index contributed by atoms with van der Waals surface area (Å²) < 4.78 is 9.62. The lowest BCUT2D eigenvalue weighted by Gasteiger charge is -1.97. The Kier molecular flexibility index (Phi) is 10.3. The number of carbonyl (C=O) groups is 2. The number of para-hydroxylation sites is 1. The van der Waals surface area contributed by atoms with Gasteiger partial charge >= 0.3 is 11.9 Å². The first-order valence-electron chi connectivity index (χ1n) is 8.69. The van der Waals surface area contributed by atoms with E-state index in [-0.39, 0.29) is 17.1 Å². The molecule has 1 aromatic heterocycles. The van der Waals surface area contributed by atoms with Crippen molar-refractivity contribution in [1.82, 2.24) is 0 Å². The molecule has 0 radical (unpaired) electrons. The van der Waals surface area contributed by atoms with Crippen molar-refractivity contribution < 1.29 is 29.0 Å². The van der Waals surface area contributed by atoms with Gasteiger partial charge in [-0.1, -0.05) is 55.0 Å². The van der Waals surface area contributed by atoms with Crippen LogP contribution in [0.5, 0.6) is 5.75 Å². The van der Waals surface area contributed by atoms with Crippen LogP contribution in [0.2, 0.25) is 0 Å². The molecular formula is C22H24O6. The molecule has 6 heteroatoms. The predicted molar refractivity (Wildman–Crippen MR) is 106 cm³/mol. The zero-order valence-corrected chi connectivity index (χ0v) is 15.9. The zero-order valence-electron chi connectivity index (χ0n) is 15.9. The Labute approximate surface area is 164 Å². The number of benzene rings is 2. The van der Waals surface area contributed by atoms with Crippen molar-refractivity contribution in [2.75, 3.05) is 6.61 Å². The van der Waals surface area contributed by atoms with Crippen LogP contribution in [0.15, 0.2) is 77.4 Å². The van der Waals surface area contributed by atoms with Gasteiger partial charge in [0.25, 0.3) is 0 Å². The van der Waals surface area contributed by atoms with Gasteiger partial charge in [0.1, 0.15) is 11.3 Å². The number of hydrogen-bond acceptors (Lipinski definition) is 5. The summed E-state index contributed by atoms with van der Waals surface area (Å²) in [5.74, 6) is -1.44. The third-order valence-electron chi connectivity index (χ3n) is 3.23. The second-order valence-electron chi connectivity index (χ2n) is 5.59. The number of hydrogen-bond donors (Lipinski definition) is 2. The summed E-state index contributed by atoms with van der Waals surface area (Å²) in [6.45, 7) is 4.47. The molecule has 0 spiro atoms. The lowest BCUT2D eigenvalue weighted by Crippen LogP contribution is -2.03. The van der Waals surface area contributed by atoms with Crippen LogP contribution in [0.3, 0.4) is 0 Å². The van der Waals surface area contributed by atoms with E-state index >= 15 is 0 Å². The van der Waals surface area contributed by atoms with Gasteiger partial charge in [0, 0.05) is 0 Å². The van der Waals surface area contributed by atoms with Gasteiger partial charge in [-0.15, -0.1) is 0 Å². The summed E-state index contributed by atoms with van der Waals surface area (Å²) in [6.07, 6.45) is 2.27. The maximum atomic E-state index is 10.9. The van der Waals surface area contributed by atoms with E-state index in [0.717, 1.165) is 6.42 Å². The Morgan fingerprint density at radius 1 is 0.964 bits per heavy atom. The number of carbonyl (C=O) groups excluding carboxylic acids is 1. The Bertz CT molecular complexity index is 825. The normalized spacial score (nSPS) is 9.21. The molecule has 0 aliphatic carbocycles. The van der Waals surface area contributed by atoms with Crippen molar-refractivity contribution in [2.24, 2.45) is 0 Å². The number of aryl methyl sites for hydroxylation is 1. The van der Waals surface area contributed by atoms with E-state index in [1.54, 1.807) is 24.3 Å². The van der Waals surface area contributed by atoms with Gasteiger partial charge in [0.15, 0.2) is 0 Å². The highest BCUT2D eigenvalue weighted by Gasteiger charge is 2.08. The van der Waals surface area contributed by atoms with Crippen LogP contribution in [-0.2, 0) is 4.74 Å². The summed E-state index contributed by atoms with van der Waals surface area (Å²) in [6, 6.07) is 19.3. The van der Waals surface area contributed by atoms with E-state index in [2.05, 4.69) is 19.1 Å². The Morgan fingerprint density at radius 2 is 1.61 bits per heavy atom. The van der Waals surface area contributed by atoms with Gasteiger partial charge in [-0.2, -0.15) is 0 Å². The molecule has 3 aromatic rings. The molecule has 148 valence electrons. The number of aromatic carboxylic acids is 1. The Hall–Kier alpha value is -3.54. The minimum atomic E-state index is -1.11. The quantitative estimate of drug-likeness (QED) is 0.619. The fourth-order valence-electron chi connectivity index (χ4n) is 1.85. The second kappa shape index (κ2) is 12.8. The largest absolute Gasteiger partial charge is 0.507 e. The highest BCUT2D eigenvalue weighted by molar-refractivity contribution is 5.90. The molecule has 0 saturated heterocycles. The number of ether oxygens (including phenoxy) is 1. The maximum absolute atomic E-state index is 10.9. The molecule has 6 nitrogen and oxygen atoms in total. The summed E-state index contributed by atoms with van der Waals surface area (Å²) in [4.78, 5) is 21.2. The molecule has 0 aliphatic rings. The smallest absolute Gasteiger partial charge is 0.374 e. The Balaban J connectivity index is 0.000000215. The molecule has 0 unspecified atom stereocenters. The van der Waals surface area contributed by atoms with E-state index in [0.29, 0.717) is 6.61 Å². The molecule has 0 atom stereocenters. The van der Waals surface area contributed by atoms with Crippen molar-refractivity contribution >= 4 is 11.9 Å². The first-order chi connectivity index (χ1) is 13.5. The minimum Gasteiger partial charge on any atom is -0.507 e. The number of esters is 1. The molecule has 2 N–H and O–H groups in total. The first kappa shape index (κ1) is 22.5. The van der Waals surface area contributed by atoms with E-state index in [1.165, 1.54) is 24.0 Å². The van der Waals surface area contributed by atoms with E-state index in [4.69, 9.17) is 19.4 Å². The van der Waals surface area contributed by atoms with Crippen molar-refractivity contribution in [3.63, 3.8) is 0 Å². The fourth-order valence-corrected chi connectivity index (χ4v) is 1.85. The average Bonchev–Trinajstić information content (AvgIpc) is 3.23. The Morgan fingerprint density at radius 3 is 2.04 bits per heavy atom. The number of furan rings is 1. The molecule has 28 heavy (non-hydrogen) atoms. The topological polar surface area (TPSA) is 97.0 Å². The molecule has 0 bridgehead atoms. The first-order valence-corrected chi connectivity index (χ1v) is 8.69. The molecule has 0 fully saturated rings. The van der Waals surface area contributed by atoms with Crippen molar-refractivity contribution in [2.45, 2.75) is 20.3 Å². The molecule has 3 rings (SSSR count). The van der Waals surface area contributed by atoms with E-state index < -0.39 is 11.9 Å². The summed E-state index contributed by atoms with van der Waals surface area (Å²) in [7, 11) is 0. The van der Waals surface area contributed by atoms with Gasteiger partial charge in [0.2, 0.25) is 5.76 Å². The van der Waals surface area contributed by atoms with Crippen molar-refractivity contribution in [1.29, 1.82) is 0 Å². The number of phenols is 1.